The number of amides is 1. The highest BCUT2D eigenvalue weighted by Crippen LogP contribution is 2.19. The fourth-order valence-corrected chi connectivity index (χ4v) is 4.71. The second-order valence-corrected chi connectivity index (χ2v) is 9.24. The molecule has 160 valence electrons. The smallest absolute Gasteiger partial charge is 0.244 e. The summed E-state index contributed by atoms with van der Waals surface area (Å²) in [6, 6.07) is 14.6. The van der Waals surface area contributed by atoms with E-state index in [0.717, 1.165) is 17.5 Å². The minimum Gasteiger partial charge on any atom is -0.379 e. The highest BCUT2D eigenvalue weighted by Gasteiger charge is 2.25. The number of benzene rings is 2. The number of morpholine rings is 1. The minimum atomic E-state index is -3.51. The van der Waals surface area contributed by atoms with Crippen LogP contribution in [0.3, 0.4) is 0 Å². The molecule has 1 fully saturated rings. The van der Waals surface area contributed by atoms with Crippen molar-refractivity contribution in [1.82, 2.24) is 9.62 Å². The van der Waals surface area contributed by atoms with Crippen molar-refractivity contribution in [3.63, 3.8) is 0 Å². The van der Waals surface area contributed by atoms with Crippen LogP contribution in [0.2, 0.25) is 0 Å². The van der Waals surface area contributed by atoms with Gasteiger partial charge in [-0.1, -0.05) is 48.9 Å². The van der Waals surface area contributed by atoms with E-state index in [9.17, 15) is 13.2 Å². The van der Waals surface area contributed by atoms with E-state index in [2.05, 4.69) is 5.32 Å². The molecule has 1 aliphatic rings. The van der Waals surface area contributed by atoms with Gasteiger partial charge in [-0.15, -0.1) is 0 Å². The summed E-state index contributed by atoms with van der Waals surface area (Å²) in [6.45, 7) is 5.62. The van der Waals surface area contributed by atoms with Crippen LogP contribution in [0.4, 0.5) is 0 Å². The molecule has 0 aromatic heterocycles. The summed E-state index contributed by atoms with van der Waals surface area (Å²) < 4.78 is 32.0. The molecule has 3 rings (SSSR count). The van der Waals surface area contributed by atoms with E-state index in [1.54, 1.807) is 30.3 Å². The first-order valence-electron chi connectivity index (χ1n) is 10.1. The third kappa shape index (κ3) is 5.56. The summed E-state index contributed by atoms with van der Waals surface area (Å²) in [5, 5.41) is 3.01. The Morgan fingerprint density at radius 3 is 2.33 bits per heavy atom. The fourth-order valence-electron chi connectivity index (χ4n) is 3.30. The quantitative estimate of drug-likeness (QED) is 0.687. The lowest BCUT2D eigenvalue weighted by Crippen LogP contribution is -2.40. The molecule has 1 aliphatic heterocycles. The van der Waals surface area contributed by atoms with Gasteiger partial charge >= 0.3 is 0 Å². The van der Waals surface area contributed by atoms with Gasteiger partial charge in [-0.05, 0) is 42.7 Å². The zero-order chi connectivity index (χ0) is 21.6. The number of carbonyl (C=O) groups excluding carboxylic acids is 1. The van der Waals surface area contributed by atoms with Crippen molar-refractivity contribution >= 4 is 22.0 Å². The highest BCUT2D eigenvalue weighted by molar-refractivity contribution is 7.89. The van der Waals surface area contributed by atoms with Crippen LogP contribution >= 0.6 is 0 Å². The molecule has 30 heavy (non-hydrogen) atoms. The van der Waals surface area contributed by atoms with Crippen LogP contribution in [-0.2, 0) is 19.6 Å². The van der Waals surface area contributed by atoms with E-state index in [-0.39, 0.29) is 16.8 Å². The topological polar surface area (TPSA) is 75.7 Å². The number of aryl methyl sites for hydroxylation is 1. The fraction of sp³-hybridized carbons (Fsp3) is 0.348. The van der Waals surface area contributed by atoms with Gasteiger partial charge in [-0.25, -0.2) is 8.42 Å². The van der Waals surface area contributed by atoms with Crippen LogP contribution in [0.5, 0.6) is 0 Å². The molecule has 6 nitrogen and oxygen atoms in total. The maximum Gasteiger partial charge on any atom is 0.244 e. The number of sulfonamides is 1. The van der Waals surface area contributed by atoms with E-state index in [1.165, 1.54) is 15.9 Å². The molecule has 1 unspecified atom stereocenters. The zero-order valence-electron chi connectivity index (χ0n) is 17.4. The lowest BCUT2D eigenvalue weighted by molar-refractivity contribution is -0.117. The Balaban J connectivity index is 1.62. The van der Waals surface area contributed by atoms with Crippen molar-refractivity contribution in [2.45, 2.75) is 31.2 Å². The molecule has 2 aromatic carbocycles. The van der Waals surface area contributed by atoms with E-state index in [1.807, 2.05) is 38.1 Å². The molecule has 1 N–H and O–H groups in total. The Morgan fingerprint density at radius 2 is 1.73 bits per heavy atom. The van der Waals surface area contributed by atoms with Crippen LogP contribution in [0.25, 0.3) is 6.08 Å². The number of nitrogens with zero attached hydrogens (tertiary/aromatic N) is 1. The van der Waals surface area contributed by atoms with E-state index in [4.69, 9.17) is 4.74 Å². The van der Waals surface area contributed by atoms with Crippen LogP contribution in [0.1, 0.15) is 36.1 Å². The molecule has 7 heteroatoms. The van der Waals surface area contributed by atoms with Gasteiger partial charge in [0.05, 0.1) is 24.2 Å². The van der Waals surface area contributed by atoms with Gasteiger partial charge in [0.15, 0.2) is 0 Å². The number of hydrogen-bond acceptors (Lipinski definition) is 4. The first-order valence-corrected chi connectivity index (χ1v) is 11.6. The van der Waals surface area contributed by atoms with Crippen LogP contribution in [0.15, 0.2) is 59.5 Å². The Labute approximate surface area is 178 Å². The number of carbonyl (C=O) groups is 1. The molecule has 1 heterocycles. The molecule has 1 atom stereocenters. The van der Waals surface area contributed by atoms with E-state index in [0.29, 0.717) is 26.3 Å². The number of nitrogens with one attached hydrogen (secondary N) is 1. The minimum absolute atomic E-state index is 0.0520. The van der Waals surface area contributed by atoms with Gasteiger partial charge in [0.1, 0.15) is 0 Å². The molecule has 0 saturated carbocycles. The van der Waals surface area contributed by atoms with Crippen molar-refractivity contribution in [3.05, 3.63) is 71.3 Å². The van der Waals surface area contributed by atoms with Gasteiger partial charge in [0.25, 0.3) is 0 Å². The molecule has 1 amide bonds. The second-order valence-electron chi connectivity index (χ2n) is 7.30. The van der Waals surface area contributed by atoms with Gasteiger partial charge < -0.3 is 10.1 Å². The lowest BCUT2D eigenvalue weighted by Gasteiger charge is -2.26. The Bertz CT molecular complexity index is 977. The number of ether oxygens (including phenoxy) is 1. The summed E-state index contributed by atoms with van der Waals surface area (Å²) in [5.74, 6) is -0.188. The Hall–Kier alpha value is -2.48. The monoisotopic (exact) mass is 428 g/mol. The van der Waals surface area contributed by atoms with Crippen LogP contribution in [0, 0.1) is 6.92 Å². The molecular weight excluding hydrogens is 400 g/mol. The van der Waals surface area contributed by atoms with Gasteiger partial charge in [-0.2, -0.15) is 4.31 Å². The number of hydrogen-bond donors (Lipinski definition) is 1. The number of rotatable bonds is 7. The maximum atomic E-state index is 12.7. The van der Waals surface area contributed by atoms with Crippen molar-refractivity contribution in [1.29, 1.82) is 0 Å². The molecule has 0 aliphatic carbocycles. The molecule has 1 saturated heterocycles. The maximum absolute atomic E-state index is 12.7. The average molecular weight is 429 g/mol. The summed E-state index contributed by atoms with van der Waals surface area (Å²) in [7, 11) is -3.51. The van der Waals surface area contributed by atoms with Crippen molar-refractivity contribution < 1.29 is 17.9 Å². The predicted octanol–water partition coefficient (Wildman–Crippen LogP) is 3.30. The van der Waals surface area contributed by atoms with Crippen molar-refractivity contribution in [2.75, 3.05) is 26.3 Å². The molecule has 0 bridgehead atoms. The van der Waals surface area contributed by atoms with Gasteiger partial charge in [0, 0.05) is 19.2 Å². The summed E-state index contributed by atoms with van der Waals surface area (Å²) in [4.78, 5) is 12.6. The molecule has 0 spiro atoms. The molecular formula is C23H28N2O4S. The standard InChI is InChI=1S/C23H28N2O4S/c1-3-22(20-9-4-18(2)5-10-20)24-23(26)13-8-19-6-11-21(12-7-19)30(27,28)25-14-16-29-17-15-25/h4-13,22H,3,14-17H2,1-2H3,(H,24,26). The first-order chi connectivity index (χ1) is 14.4. The average Bonchev–Trinajstić information content (AvgIpc) is 2.77. The summed E-state index contributed by atoms with van der Waals surface area (Å²) in [6.07, 6.45) is 3.95. The SMILES string of the molecule is CCC(NC(=O)C=Cc1ccc(S(=O)(=O)N2CCOCC2)cc1)c1ccc(C)cc1. The Morgan fingerprint density at radius 1 is 1.10 bits per heavy atom. The lowest BCUT2D eigenvalue weighted by atomic mass is 10.0. The first kappa shape index (κ1) is 22.2. The van der Waals surface area contributed by atoms with Crippen molar-refractivity contribution in [3.8, 4) is 0 Å². The normalized spacial score (nSPS) is 16.5. The largest absolute Gasteiger partial charge is 0.379 e. The second kappa shape index (κ2) is 10.0. The van der Waals surface area contributed by atoms with E-state index < -0.39 is 10.0 Å². The summed E-state index contributed by atoms with van der Waals surface area (Å²) in [5.41, 5.74) is 3.01. The predicted molar refractivity (Wildman–Crippen MR) is 117 cm³/mol. The third-order valence-electron chi connectivity index (χ3n) is 5.12. The van der Waals surface area contributed by atoms with Gasteiger partial charge in [0.2, 0.25) is 15.9 Å². The van der Waals surface area contributed by atoms with Crippen LogP contribution < -0.4 is 5.32 Å². The molecule has 2 aromatic rings. The summed E-state index contributed by atoms with van der Waals surface area (Å²) >= 11 is 0. The van der Waals surface area contributed by atoms with Crippen molar-refractivity contribution in [2.24, 2.45) is 0 Å². The Kier molecular flexibility index (Phi) is 7.42. The third-order valence-corrected chi connectivity index (χ3v) is 7.03. The van der Waals surface area contributed by atoms with Gasteiger partial charge in [-0.3, -0.25) is 4.79 Å². The van der Waals surface area contributed by atoms with Crippen LogP contribution in [-0.4, -0.2) is 44.9 Å². The van der Waals surface area contributed by atoms with E-state index >= 15 is 0 Å². The molecule has 0 radical (unpaired) electrons. The highest BCUT2D eigenvalue weighted by atomic mass is 32.2. The zero-order valence-corrected chi connectivity index (χ0v) is 18.2.